The topological polar surface area (TPSA) is 30.5 Å². The molecule has 0 aliphatic heterocycles. The van der Waals surface area contributed by atoms with Gasteiger partial charge in [-0.1, -0.05) is 36.9 Å². The van der Waals surface area contributed by atoms with Gasteiger partial charge in [-0.2, -0.15) is 0 Å². The van der Waals surface area contributed by atoms with Crippen LogP contribution in [-0.4, -0.2) is 13.7 Å². The van der Waals surface area contributed by atoms with Crippen molar-refractivity contribution in [3.05, 3.63) is 66.2 Å². The summed E-state index contributed by atoms with van der Waals surface area (Å²) in [5, 5.41) is 3.39. The monoisotopic (exact) mass is 283 g/mol. The molecule has 0 unspecified atom stereocenters. The summed E-state index contributed by atoms with van der Waals surface area (Å²) in [6, 6.07) is 14.1. The second kappa shape index (κ2) is 7.39. The van der Waals surface area contributed by atoms with Crippen molar-refractivity contribution >= 4 is 5.69 Å². The molecule has 0 heterocycles. The van der Waals surface area contributed by atoms with Gasteiger partial charge in [-0.05, 0) is 30.7 Å². The van der Waals surface area contributed by atoms with Crippen LogP contribution in [0.25, 0.3) is 0 Å². The van der Waals surface area contributed by atoms with Crippen LogP contribution in [0, 0.1) is 6.92 Å². The third-order valence-corrected chi connectivity index (χ3v) is 3.16. The highest BCUT2D eigenvalue weighted by atomic mass is 16.5. The van der Waals surface area contributed by atoms with Gasteiger partial charge in [0.05, 0.1) is 12.8 Å². The fourth-order valence-electron chi connectivity index (χ4n) is 2.07. The maximum absolute atomic E-state index is 5.66. The molecule has 0 radical (unpaired) electrons. The van der Waals surface area contributed by atoms with Gasteiger partial charge in [0.25, 0.3) is 0 Å². The van der Waals surface area contributed by atoms with E-state index in [1.807, 2.05) is 43.3 Å². The lowest BCUT2D eigenvalue weighted by atomic mass is 10.1. The summed E-state index contributed by atoms with van der Waals surface area (Å²) in [6.45, 7) is 6.90. The summed E-state index contributed by atoms with van der Waals surface area (Å²) in [5.74, 6) is 1.72. The van der Waals surface area contributed by atoms with Crippen molar-refractivity contribution in [2.75, 3.05) is 19.0 Å². The summed E-state index contributed by atoms with van der Waals surface area (Å²) in [6.07, 6.45) is 1.74. The highest BCUT2D eigenvalue weighted by molar-refractivity contribution is 5.58. The Morgan fingerprint density at radius 2 is 1.95 bits per heavy atom. The van der Waals surface area contributed by atoms with Gasteiger partial charge in [0.15, 0.2) is 0 Å². The van der Waals surface area contributed by atoms with E-state index in [-0.39, 0.29) is 0 Å². The van der Waals surface area contributed by atoms with Crippen LogP contribution in [0.3, 0.4) is 0 Å². The number of ether oxygens (including phenoxy) is 2. The predicted molar refractivity (Wildman–Crippen MR) is 87.2 cm³/mol. The lowest BCUT2D eigenvalue weighted by Gasteiger charge is -2.14. The molecule has 0 bridgehead atoms. The molecule has 3 heteroatoms. The number of nitrogens with one attached hydrogen (secondary N) is 1. The van der Waals surface area contributed by atoms with Crippen LogP contribution in [0.15, 0.2) is 55.1 Å². The number of rotatable bonds is 7. The summed E-state index contributed by atoms with van der Waals surface area (Å²) in [5.41, 5.74) is 3.25. The number of benzene rings is 2. The zero-order chi connectivity index (χ0) is 15.1. The molecule has 0 atom stereocenters. The third kappa shape index (κ3) is 4.02. The van der Waals surface area contributed by atoms with Crippen LogP contribution < -0.4 is 14.8 Å². The minimum atomic E-state index is 0.505. The van der Waals surface area contributed by atoms with E-state index in [0.29, 0.717) is 13.2 Å². The smallest absolute Gasteiger partial charge is 0.142 e. The van der Waals surface area contributed by atoms with Crippen molar-refractivity contribution in [1.82, 2.24) is 0 Å². The lowest BCUT2D eigenvalue weighted by molar-refractivity contribution is 0.359. The number of para-hydroxylation sites is 1. The number of anilines is 1. The SMILES string of the molecule is C=CCOc1ccccc1CNc1ccc(C)cc1OC. The Morgan fingerprint density at radius 1 is 1.14 bits per heavy atom. The highest BCUT2D eigenvalue weighted by Gasteiger charge is 2.06. The van der Waals surface area contributed by atoms with Crippen molar-refractivity contribution < 1.29 is 9.47 Å². The summed E-state index contributed by atoms with van der Waals surface area (Å²) in [4.78, 5) is 0. The number of hydrogen-bond donors (Lipinski definition) is 1. The Hall–Kier alpha value is -2.42. The average Bonchev–Trinajstić information content (AvgIpc) is 2.52. The van der Waals surface area contributed by atoms with Gasteiger partial charge >= 0.3 is 0 Å². The lowest BCUT2D eigenvalue weighted by Crippen LogP contribution is -2.04. The Bertz CT molecular complexity index is 608. The largest absolute Gasteiger partial charge is 0.495 e. The molecule has 0 saturated heterocycles. The summed E-state index contributed by atoms with van der Waals surface area (Å²) >= 11 is 0. The number of aryl methyl sites for hydroxylation is 1. The molecule has 21 heavy (non-hydrogen) atoms. The van der Waals surface area contributed by atoms with Gasteiger partial charge in [0.2, 0.25) is 0 Å². The maximum Gasteiger partial charge on any atom is 0.142 e. The molecule has 1 N–H and O–H groups in total. The van der Waals surface area contributed by atoms with Gasteiger partial charge < -0.3 is 14.8 Å². The zero-order valence-corrected chi connectivity index (χ0v) is 12.6. The quantitative estimate of drug-likeness (QED) is 0.773. The Morgan fingerprint density at radius 3 is 2.71 bits per heavy atom. The Labute approximate surface area is 126 Å². The first-order chi connectivity index (χ1) is 10.2. The van der Waals surface area contributed by atoms with E-state index in [4.69, 9.17) is 9.47 Å². The Balaban J connectivity index is 2.11. The van der Waals surface area contributed by atoms with Gasteiger partial charge in [0, 0.05) is 12.1 Å². The van der Waals surface area contributed by atoms with Crippen LogP contribution in [0.5, 0.6) is 11.5 Å². The molecule has 0 saturated carbocycles. The van der Waals surface area contributed by atoms with Crippen LogP contribution >= 0.6 is 0 Å². The average molecular weight is 283 g/mol. The predicted octanol–water partition coefficient (Wildman–Crippen LogP) is 4.18. The van der Waals surface area contributed by atoms with Crippen LogP contribution in [0.4, 0.5) is 5.69 Å². The normalized spacial score (nSPS) is 10.0. The molecule has 3 nitrogen and oxygen atoms in total. The minimum absolute atomic E-state index is 0.505. The first kappa shape index (κ1) is 15.0. The van der Waals surface area contributed by atoms with E-state index >= 15 is 0 Å². The van der Waals surface area contributed by atoms with Crippen molar-refractivity contribution in [3.63, 3.8) is 0 Å². The second-order valence-corrected chi connectivity index (χ2v) is 4.76. The van der Waals surface area contributed by atoms with Crippen molar-refractivity contribution in [2.45, 2.75) is 13.5 Å². The molecule has 2 rings (SSSR count). The molecule has 0 aliphatic rings. The van der Waals surface area contributed by atoms with E-state index < -0.39 is 0 Å². The van der Waals surface area contributed by atoms with Crippen LogP contribution in [0.2, 0.25) is 0 Å². The van der Waals surface area contributed by atoms with Crippen molar-refractivity contribution in [1.29, 1.82) is 0 Å². The molecule has 0 amide bonds. The van der Waals surface area contributed by atoms with Crippen molar-refractivity contribution in [3.8, 4) is 11.5 Å². The van der Waals surface area contributed by atoms with Crippen LogP contribution in [0.1, 0.15) is 11.1 Å². The van der Waals surface area contributed by atoms with E-state index in [1.165, 1.54) is 5.56 Å². The van der Waals surface area contributed by atoms with E-state index in [9.17, 15) is 0 Å². The Kier molecular flexibility index (Phi) is 5.27. The third-order valence-electron chi connectivity index (χ3n) is 3.16. The minimum Gasteiger partial charge on any atom is -0.495 e. The van der Waals surface area contributed by atoms with Gasteiger partial charge in [-0.25, -0.2) is 0 Å². The zero-order valence-electron chi connectivity index (χ0n) is 12.6. The molecular formula is C18H21NO2. The standard InChI is InChI=1S/C18H21NO2/c1-4-11-21-17-8-6-5-7-15(17)13-19-16-10-9-14(2)12-18(16)20-3/h4-10,12,19H,1,11,13H2,2-3H3. The highest BCUT2D eigenvalue weighted by Crippen LogP contribution is 2.27. The molecule has 0 spiro atoms. The molecule has 0 fully saturated rings. The van der Waals surface area contributed by atoms with E-state index in [1.54, 1.807) is 13.2 Å². The van der Waals surface area contributed by atoms with Gasteiger partial charge in [-0.15, -0.1) is 0 Å². The van der Waals surface area contributed by atoms with E-state index in [2.05, 4.69) is 18.0 Å². The first-order valence-corrected chi connectivity index (χ1v) is 6.94. The molecule has 2 aromatic rings. The van der Waals surface area contributed by atoms with Crippen molar-refractivity contribution in [2.24, 2.45) is 0 Å². The first-order valence-electron chi connectivity index (χ1n) is 6.94. The molecular weight excluding hydrogens is 262 g/mol. The molecule has 110 valence electrons. The molecule has 0 aliphatic carbocycles. The number of hydrogen-bond acceptors (Lipinski definition) is 3. The molecule has 2 aromatic carbocycles. The fourth-order valence-corrected chi connectivity index (χ4v) is 2.07. The van der Waals surface area contributed by atoms with Crippen LogP contribution in [-0.2, 0) is 6.54 Å². The maximum atomic E-state index is 5.66. The summed E-state index contributed by atoms with van der Waals surface area (Å²) in [7, 11) is 1.68. The fraction of sp³-hybridized carbons (Fsp3) is 0.222. The van der Waals surface area contributed by atoms with Gasteiger partial charge in [-0.3, -0.25) is 0 Å². The van der Waals surface area contributed by atoms with Gasteiger partial charge in [0.1, 0.15) is 18.1 Å². The molecule has 0 aromatic heterocycles. The summed E-state index contributed by atoms with van der Waals surface area (Å²) < 4.78 is 11.1. The van der Waals surface area contributed by atoms with E-state index in [0.717, 1.165) is 22.7 Å². The second-order valence-electron chi connectivity index (χ2n) is 4.76. The number of methoxy groups -OCH3 is 1.